The summed E-state index contributed by atoms with van der Waals surface area (Å²) >= 11 is 0. The van der Waals surface area contributed by atoms with Crippen molar-refractivity contribution in [3.63, 3.8) is 0 Å². The van der Waals surface area contributed by atoms with Gasteiger partial charge in [0.25, 0.3) is 6.29 Å². The zero-order valence-electron chi connectivity index (χ0n) is 48.9. The molecule has 0 aromatic heterocycles. The van der Waals surface area contributed by atoms with Gasteiger partial charge in [-0.3, -0.25) is 9.59 Å². The third-order valence-electron chi connectivity index (χ3n) is 12.8. The first-order valence-electron chi connectivity index (χ1n) is 30.4. The predicted molar refractivity (Wildman–Crippen MR) is 318 cm³/mol. The summed E-state index contributed by atoms with van der Waals surface area (Å²) in [6, 6.07) is 0. The summed E-state index contributed by atoms with van der Waals surface area (Å²) in [5.41, 5.74) is 0. The van der Waals surface area contributed by atoms with E-state index in [-0.39, 0.29) is 38.6 Å². The van der Waals surface area contributed by atoms with E-state index in [0.717, 1.165) is 103 Å². The summed E-state index contributed by atoms with van der Waals surface area (Å²) in [5.74, 6) is -2.02. The Morgan fingerprint density at radius 3 is 1.07 bits per heavy atom. The van der Waals surface area contributed by atoms with Crippen molar-refractivity contribution in [2.24, 2.45) is 0 Å². The molecule has 0 spiro atoms. The lowest BCUT2D eigenvalue weighted by molar-refractivity contribution is -0.870. The van der Waals surface area contributed by atoms with Crippen LogP contribution in [0.2, 0.25) is 0 Å². The van der Waals surface area contributed by atoms with Crippen molar-refractivity contribution in [1.82, 2.24) is 0 Å². The summed E-state index contributed by atoms with van der Waals surface area (Å²) in [6.07, 6.45) is 73.5. The Hall–Kier alpha value is -3.79. The topological polar surface area (TPSA) is 108 Å². The lowest BCUT2D eigenvalue weighted by atomic mass is 10.0. The van der Waals surface area contributed by atoms with Crippen molar-refractivity contribution >= 4 is 17.9 Å². The molecule has 0 bridgehead atoms. The number of esters is 2. The van der Waals surface area contributed by atoms with Crippen LogP contribution in [0.4, 0.5) is 0 Å². The average molecular weight is 1050 g/mol. The Morgan fingerprint density at radius 2 is 0.720 bits per heavy atom. The van der Waals surface area contributed by atoms with E-state index < -0.39 is 24.3 Å². The molecule has 9 nitrogen and oxygen atoms in total. The molecule has 2 unspecified atom stereocenters. The highest BCUT2D eigenvalue weighted by Crippen LogP contribution is 2.16. The number of rotatable bonds is 55. The summed E-state index contributed by atoms with van der Waals surface area (Å²) in [5, 5.41) is 9.72. The van der Waals surface area contributed by atoms with Crippen LogP contribution in [0.1, 0.15) is 245 Å². The number of allylic oxidation sites excluding steroid dienone is 16. The molecule has 0 heterocycles. The standard InChI is InChI=1S/C66H113NO8/c1-6-8-10-12-14-16-18-20-22-24-26-28-29-30-31-32-33-34-35-37-39-41-43-45-47-49-51-53-55-57-64(69)75-62(61-74-66(65(70)71)72-59-58-67(3,4)5)60-73-63(68)56-54-52-50-48-46-44-42-40-38-36-27-25-23-21-19-17-15-13-11-9-7-2/h8-11,14-17,20-23,26-28,36,62,66H,6-7,12-13,18-19,24-25,29-35,37-61H2,1-5H3/p+1/b10-8-,11-9-,16-14-,17-15-,22-20-,23-21-,28-26-,36-27-. The third-order valence-corrected chi connectivity index (χ3v) is 12.8. The molecule has 0 aliphatic carbocycles. The second kappa shape index (κ2) is 56.4. The lowest BCUT2D eigenvalue weighted by Gasteiger charge is -2.25. The molecule has 430 valence electrons. The number of aliphatic carboxylic acids is 1. The first-order valence-corrected chi connectivity index (χ1v) is 30.4. The third kappa shape index (κ3) is 57.7. The molecule has 0 rings (SSSR count). The van der Waals surface area contributed by atoms with Crippen LogP contribution in [0.5, 0.6) is 0 Å². The van der Waals surface area contributed by atoms with Gasteiger partial charge in [-0.15, -0.1) is 0 Å². The Morgan fingerprint density at radius 1 is 0.400 bits per heavy atom. The number of unbranched alkanes of at least 4 members (excludes halogenated alkanes) is 24. The van der Waals surface area contributed by atoms with Crippen molar-refractivity contribution in [1.29, 1.82) is 0 Å². The number of hydrogen-bond acceptors (Lipinski definition) is 7. The number of carbonyl (C=O) groups is 3. The Bertz CT molecular complexity index is 1550. The van der Waals surface area contributed by atoms with Crippen LogP contribution in [0, 0.1) is 0 Å². The molecule has 9 heteroatoms. The van der Waals surface area contributed by atoms with E-state index in [1.165, 1.54) is 116 Å². The van der Waals surface area contributed by atoms with Crippen LogP contribution in [-0.4, -0.2) is 87.4 Å². The number of hydrogen-bond donors (Lipinski definition) is 1. The van der Waals surface area contributed by atoms with Gasteiger partial charge in [0.1, 0.15) is 13.2 Å². The molecule has 0 radical (unpaired) electrons. The summed E-state index contributed by atoms with van der Waals surface area (Å²) in [7, 11) is 5.97. The van der Waals surface area contributed by atoms with E-state index in [2.05, 4.69) is 111 Å². The molecular weight excluding hydrogens is 935 g/mol. The monoisotopic (exact) mass is 1050 g/mol. The largest absolute Gasteiger partial charge is 0.477 e. The van der Waals surface area contributed by atoms with Crippen molar-refractivity contribution in [3.05, 3.63) is 97.2 Å². The number of ether oxygens (including phenoxy) is 4. The second-order valence-electron chi connectivity index (χ2n) is 21.2. The molecule has 0 aliphatic rings. The van der Waals surface area contributed by atoms with Crippen LogP contribution < -0.4 is 0 Å². The minimum Gasteiger partial charge on any atom is -0.477 e. The van der Waals surface area contributed by atoms with Crippen molar-refractivity contribution in [2.75, 3.05) is 47.5 Å². The van der Waals surface area contributed by atoms with Crippen LogP contribution in [0.15, 0.2) is 97.2 Å². The van der Waals surface area contributed by atoms with Gasteiger partial charge in [0, 0.05) is 12.8 Å². The van der Waals surface area contributed by atoms with Crippen LogP contribution >= 0.6 is 0 Å². The highest BCUT2D eigenvalue weighted by molar-refractivity contribution is 5.71. The molecular formula is C66H114NO8+. The molecule has 0 aromatic rings. The molecule has 75 heavy (non-hydrogen) atoms. The first kappa shape index (κ1) is 71.2. The summed E-state index contributed by atoms with van der Waals surface area (Å²) < 4.78 is 22.9. The number of nitrogens with zero attached hydrogens (tertiary/aromatic N) is 1. The predicted octanol–water partition coefficient (Wildman–Crippen LogP) is 18.1. The maximum atomic E-state index is 12.9. The molecule has 0 aliphatic heterocycles. The Kier molecular flexibility index (Phi) is 53.6. The normalized spacial score (nSPS) is 13.5. The lowest BCUT2D eigenvalue weighted by Crippen LogP contribution is -2.40. The average Bonchev–Trinajstić information content (AvgIpc) is 3.38. The minimum atomic E-state index is -1.52. The van der Waals surface area contributed by atoms with E-state index in [1.807, 2.05) is 21.1 Å². The van der Waals surface area contributed by atoms with Crippen LogP contribution in [-0.2, 0) is 33.3 Å². The Labute approximate surface area is 461 Å². The van der Waals surface area contributed by atoms with E-state index in [0.29, 0.717) is 11.0 Å². The van der Waals surface area contributed by atoms with E-state index in [9.17, 15) is 19.5 Å². The van der Waals surface area contributed by atoms with Gasteiger partial charge >= 0.3 is 17.9 Å². The first-order chi connectivity index (χ1) is 36.6. The molecule has 0 saturated heterocycles. The van der Waals surface area contributed by atoms with Crippen molar-refractivity contribution in [3.8, 4) is 0 Å². The number of carboxylic acids is 1. The summed E-state index contributed by atoms with van der Waals surface area (Å²) in [4.78, 5) is 37.5. The van der Waals surface area contributed by atoms with Gasteiger partial charge in [-0.05, 0) is 89.9 Å². The van der Waals surface area contributed by atoms with Crippen molar-refractivity contribution < 1.29 is 42.9 Å². The van der Waals surface area contributed by atoms with Gasteiger partial charge in [-0.2, -0.15) is 0 Å². The van der Waals surface area contributed by atoms with Gasteiger partial charge in [0.2, 0.25) is 0 Å². The zero-order valence-corrected chi connectivity index (χ0v) is 48.9. The molecule has 1 N–H and O–H groups in total. The number of carbonyl (C=O) groups excluding carboxylic acids is 2. The fraction of sp³-hybridized carbons (Fsp3) is 0.712. The number of carboxylic acid groups (broad SMARTS) is 1. The number of quaternary nitrogens is 1. The molecule has 0 amide bonds. The maximum absolute atomic E-state index is 12.9. The summed E-state index contributed by atoms with van der Waals surface area (Å²) in [6.45, 7) is 4.65. The van der Waals surface area contributed by atoms with Gasteiger partial charge in [0.15, 0.2) is 6.10 Å². The van der Waals surface area contributed by atoms with Crippen molar-refractivity contribution in [2.45, 2.75) is 257 Å². The quantitative estimate of drug-likeness (QED) is 0.0211. The van der Waals surface area contributed by atoms with Gasteiger partial charge in [-0.25, -0.2) is 4.79 Å². The minimum absolute atomic E-state index is 0.183. The highest BCUT2D eigenvalue weighted by Gasteiger charge is 2.25. The van der Waals surface area contributed by atoms with Crippen LogP contribution in [0.25, 0.3) is 0 Å². The van der Waals surface area contributed by atoms with Crippen LogP contribution in [0.3, 0.4) is 0 Å². The fourth-order valence-corrected chi connectivity index (χ4v) is 8.23. The second-order valence-corrected chi connectivity index (χ2v) is 21.2. The maximum Gasteiger partial charge on any atom is 0.361 e. The smallest absolute Gasteiger partial charge is 0.361 e. The zero-order chi connectivity index (χ0) is 54.8. The van der Waals surface area contributed by atoms with Gasteiger partial charge in [-0.1, -0.05) is 239 Å². The van der Waals surface area contributed by atoms with Gasteiger partial charge < -0.3 is 28.5 Å². The number of likely N-dealkylation sites (N-methyl/N-ethyl adjacent to an activating group) is 1. The van der Waals surface area contributed by atoms with E-state index in [1.54, 1.807) is 0 Å². The Balaban J connectivity index is 4.20. The molecule has 0 fully saturated rings. The fourth-order valence-electron chi connectivity index (χ4n) is 8.23. The highest BCUT2D eigenvalue weighted by atomic mass is 16.7. The molecule has 2 atom stereocenters. The molecule has 0 aromatic carbocycles. The van der Waals surface area contributed by atoms with E-state index >= 15 is 0 Å². The van der Waals surface area contributed by atoms with Gasteiger partial charge in [0.05, 0.1) is 34.4 Å². The van der Waals surface area contributed by atoms with E-state index in [4.69, 9.17) is 18.9 Å². The molecule has 0 saturated carbocycles. The SMILES string of the molecule is CC/C=C\C/C=C\C/C=C\C/C=C\CCCCCCCCCCCCCCCCCCC(=O)OC(COC(=O)CCCCCCCCCC/C=C\C/C=C\C/C=C\C/C=C\CC)COC(OCC[N+](C)(C)C)C(=O)O.